The Balaban J connectivity index is 2.00. The number of carboxylic acids is 1. The Labute approximate surface area is 122 Å². The lowest BCUT2D eigenvalue weighted by Crippen LogP contribution is -2.40. The van der Waals surface area contributed by atoms with E-state index in [-0.39, 0.29) is 17.6 Å². The molecule has 112 valence electrons. The second kappa shape index (κ2) is 6.52. The number of carbonyl (C=O) groups is 2. The van der Waals surface area contributed by atoms with Crippen LogP contribution in [0.3, 0.4) is 0 Å². The monoisotopic (exact) mass is 291 g/mol. The van der Waals surface area contributed by atoms with Crippen LogP contribution in [0.25, 0.3) is 6.08 Å². The van der Waals surface area contributed by atoms with E-state index in [1.165, 1.54) is 12.1 Å². The third kappa shape index (κ3) is 3.90. The third-order valence-electron chi connectivity index (χ3n) is 3.72. The van der Waals surface area contributed by atoms with E-state index >= 15 is 0 Å². The summed E-state index contributed by atoms with van der Waals surface area (Å²) in [6.45, 7) is 2.64. The first-order chi connectivity index (χ1) is 9.97. The van der Waals surface area contributed by atoms with E-state index in [1.54, 1.807) is 30.0 Å². The highest BCUT2D eigenvalue weighted by Gasteiger charge is 2.27. The van der Waals surface area contributed by atoms with E-state index in [4.69, 9.17) is 5.11 Å². The molecule has 0 aromatic heterocycles. The van der Waals surface area contributed by atoms with Gasteiger partial charge in [0.05, 0.1) is 5.92 Å². The molecule has 1 heterocycles. The molecule has 4 nitrogen and oxygen atoms in total. The second-order valence-electron chi connectivity index (χ2n) is 5.28. The van der Waals surface area contributed by atoms with Crippen LogP contribution in [0.4, 0.5) is 4.39 Å². The summed E-state index contributed by atoms with van der Waals surface area (Å²) >= 11 is 0. The minimum atomic E-state index is -0.791. The van der Waals surface area contributed by atoms with Gasteiger partial charge in [0.2, 0.25) is 5.91 Å². The maximum absolute atomic E-state index is 12.8. The SMILES string of the molecule is C/C(=C/c1ccc(F)cc1)C(=O)N1CCC(C(=O)O)CC1. The van der Waals surface area contributed by atoms with E-state index in [0.29, 0.717) is 31.5 Å². The number of carboxylic acid groups (broad SMARTS) is 1. The Kier molecular flexibility index (Phi) is 4.73. The molecule has 1 amide bonds. The van der Waals surface area contributed by atoms with Crippen molar-refractivity contribution in [1.82, 2.24) is 4.90 Å². The highest BCUT2D eigenvalue weighted by Crippen LogP contribution is 2.19. The first-order valence-electron chi connectivity index (χ1n) is 6.93. The number of hydrogen-bond acceptors (Lipinski definition) is 2. The number of hydrogen-bond donors (Lipinski definition) is 1. The Morgan fingerprint density at radius 2 is 1.81 bits per heavy atom. The predicted octanol–water partition coefficient (Wildman–Crippen LogP) is 2.55. The fourth-order valence-electron chi connectivity index (χ4n) is 2.45. The van der Waals surface area contributed by atoms with Gasteiger partial charge in [-0.25, -0.2) is 4.39 Å². The quantitative estimate of drug-likeness (QED) is 0.871. The first-order valence-corrected chi connectivity index (χ1v) is 6.93. The maximum Gasteiger partial charge on any atom is 0.306 e. The summed E-state index contributed by atoms with van der Waals surface area (Å²) < 4.78 is 12.8. The Bertz CT molecular complexity index is 557. The van der Waals surface area contributed by atoms with Crippen molar-refractivity contribution < 1.29 is 19.1 Å². The minimum Gasteiger partial charge on any atom is -0.481 e. The Morgan fingerprint density at radius 3 is 2.33 bits per heavy atom. The van der Waals surface area contributed by atoms with Crippen molar-refractivity contribution in [3.8, 4) is 0 Å². The summed E-state index contributed by atoms with van der Waals surface area (Å²) in [6.07, 6.45) is 2.70. The zero-order chi connectivity index (χ0) is 15.4. The van der Waals surface area contributed by atoms with Gasteiger partial charge in [0.25, 0.3) is 0 Å². The van der Waals surface area contributed by atoms with Gasteiger partial charge in [0.15, 0.2) is 0 Å². The van der Waals surface area contributed by atoms with E-state index in [1.807, 2.05) is 0 Å². The molecule has 21 heavy (non-hydrogen) atoms. The van der Waals surface area contributed by atoms with Gasteiger partial charge in [-0.3, -0.25) is 9.59 Å². The molecular formula is C16H18FNO3. The van der Waals surface area contributed by atoms with Crippen LogP contribution in [0.2, 0.25) is 0 Å². The zero-order valence-corrected chi connectivity index (χ0v) is 11.9. The number of piperidine rings is 1. The summed E-state index contributed by atoms with van der Waals surface area (Å²) in [7, 11) is 0. The lowest BCUT2D eigenvalue weighted by atomic mass is 9.96. The molecule has 0 saturated carbocycles. The molecule has 0 spiro atoms. The van der Waals surface area contributed by atoms with Gasteiger partial charge in [0, 0.05) is 18.7 Å². The number of likely N-dealkylation sites (tertiary alicyclic amines) is 1. The number of rotatable bonds is 3. The topological polar surface area (TPSA) is 57.6 Å². The van der Waals surface area contributed by atoms with Gasteiger partial charge < -0.3 is 10.0 Å². The number of amides is 1. The lowest BCUT2D eigenvalue weighted by Gasteiger charge is -2.30. The predicted molar refractivity (Wildman–Crippen MR) is 77.0 cm³/mol. The average molecular weight is 291 g/mol. The molecule has 1 N–H and O–H groups in total. The smallest absolute Gasteiger partial charge is 0.306 e. The van der Waals surface area contributed by atoms with Crippen molar-refractivity contribution in [2.24, 2.45) is 5.92 Å². The fourth-order valence-corrected chi connectivity index (χ4v) is 2.45. The summed E-state index contributed by atoms with van der Waals surface area (Å²) in [4.78, 5) is 24.8. The highest BCUT2D eigenvalue weighted by atomic mass is 19.1. The normalized spacial score (nSPS) is 16.9. The van der Waals surface area contributed by atoms with Crippen molar-refractivity contribution in [2.75, 3.05) is 13.1 Å². The van der Waals surface area contributed by atoms with Crippen LogP contribution in [0, 0.1) is 11.7 Å². The number of carbonyl (C=O) groups excluding carboxylic acids is 1. The largest absolute Gasteiger partial charge is 0.481 e. The third-order valence-corrected chi connectivity index (χ3v) is 3.72. The standard InChI is InChI=1S/C16H18FNO3/c1-11(10-12-2-4-14(17)5-3-12)15(19)18-8-6-13(7-9-18)16(20)21/h2-5,10,13H,6-9H2,1H3,(H,20,21)/b11-10-. The molecule has 0 aliphatic carbocycles. The van der Waals surface area contributed by atoms with Gasteiger partial charge >= 0.3 is 5.97 Å². The Morgan fingerprint density at radius 1 is 1.24 bits per heavy atom. The molecule has 0 radical (unpaired) electrons. The molecule has 5 heteroatoms. The van der Waals surface area contributed by atoms with Gasteiger partial charge in [-0.15, -0.1) is 0 Å². The molecule has 1 saturated heterocycles. The van der Waals surface area contributed by atoms with E-state index in [0.717, 1.165) is 5.56 Å². The van der Waals surface area contributed by atoms with Crippen LogP contribution >= 0.6 is 0 Å². The van der Waals surface area contributed by atoms with Crippen molar-refractivity contribution in [1.29, 1.82) is 0 Å². The van der Waals surface area contributed by atoms with E-state index in [9.17, 15) is 14.0 Å². The van der Waals surface area contributed by atoms with E-state index in [2.05, 4.69) is 0 Å². The molecule has 2 rings (SSSR count). The summed E-state index contributed by atoms with van der Waals surface area (Å²) in [5, 5.41) is 8.94. The molecule has 0 bridgehead atoms. The second-order valence-corrected chi connectivity index (χ2v) is 5.28. The van der Waals surface area contributed by atoms with Gasteiger partial charge in [-0.2, -0.15) is 0 Å². The Hall–Kier alpha value is -2.17. The van der Waals surface area contributed by atoms with E-state index < -0.39 is 5.97 Å². The van der Waals surface area contributed by atoms with Crippen molar-refractivity contribution in [3.05, 3.63) is 41.2 Å². The number of nitrogens with zero attached hydrogens (tertiary/aromatic N) is 1. The number of benzene rings is 1. The summed E-state index contributed by atoms with van der Waals surface area (Å²) in [5.74, 6) is -1.55. The molecular weight excluding hydrogens is 273 g/mol. The molecule has 1 aliphatic heterocycles. The molecule has 1 fully saturated rings. The number of aliphatic carboxylic acids is 1. The van der Waals surface area contributed by atoms with Gasteiger partial charge in [0.1, 0.15) is 5.82 Å². The van der Waals surface area contributed by atoms with Crippen LogP contribution < -0.4 is 0 Å². The van der Waals surface area contributed by atoms with Crippen LogP contribution in [0.15, 0.2) is 29.8 Å². The van der Waals surface area contributed by atoms with Crippen molar-refractivity contribution in [2.45, 2.75) is 19.8 Å². The first kappa shape index (κ1) is 15.2. The van der Waals surface area contributed by atoms with Crippen LogP contribution in [0.1, 0.15) is 25.3 Å². The average Bonchev–Trinajstić information content (AvgIpc) is 2.49. The molecule has 1 aliphatic rings. The number of halogens is 1. The summed E-state index contributed by atoms with van der Waals surface area (Å²) in [6, 6.07) is 5.93. The minimum absolute atomic E-state index is 0.0943. The molecule has 1 aromatic rings. The van der Waals surface area contributed by atoms with Crippen LogP contribution in [0.5, 0.6) is 0 Å². The van der Waals surface area contributed by atoms with Crippen molar-refractivity contribution >= 4 is 18.0 Å². The molecule has 0 atom stereocenters. The van der Waals surface area contributed by atoms with Crippen LogP contribution in [-0.2, 0) is 9.59 Å². The molecule has 0 unspecified atom stereocenters. The maximum atomic E-state index is 12.8. The lowest BCUT2D eigenvalue weighted by molar-refractivity contribution is -0.145. The fraction of sp³-hybridized carbons (Fsp3) is 0.375. The van der Waals surface area contributed by atoms with Gasteiger partial charge in [-0.05, 0) is 43.5 Å². The van der Waals surface area contributed by atoms with Crippen LogP contribution in [-0.4, -0.2) is 35.0 Å². The summed E-state index contributed by atoms with van der Waals surface area (Å²) in [5.41, 5.74) is 1.33. The highest BCUT2D eigenvalue weighted by molar-refractivity contribution is 5.97. The van der Waals surface area contributed by atoms with Crippen molar-refractivity contribution in [3.63, 3.8) is 0 Å². The molecule has 1 aromatic carbocycles. The van der Waals surface area contributed by atoms with Gasteiger partial charge in [-0.1, -0.05) is 12.1 Å². The zero-order valence-electron chi connectivity index (χ0n) is 11.9.